The van der Waals surface area contributed by atoms with Crippen LogP contribution in [-0.2, 0) is 0 Å². The van der Waals surface area contributed by atoms with Crippen molar-refractivity contribution in [2.75, 3.05) is 12.4 Å². The molecule has 0 bridgehead atoms. The Morgan fingerprint density at radius 1 is 1.27 bits per heavy atom. The van der Waals surface area contributed by atoms with Crippen molar-refractivity contribution in [1.82, 2.24) is 0 Å². The Hall–Kier alpha value is -0.630. The second-order valence-electron chi connectivity index (χ2n) is 4.12. The number of rotatable bonds is 5. The molecule has 0 aliphatic rings. The third kappa shape index (κ3) is 4.61. The maximum absolute atomic E-state index is 5.72. The summed E-state index contributed by atoms with van der Waals surface area (Å²) in [4.78, 5) is 1.30. The molecule has 0 unspecified atom stereocenters. The summed E-state index contributed by atoms with van der Waals surface area (Å²) in [5.74, 6) is 2.68. The van der Waals surface area contributed by atoms with E-state index in [0.717, 1.165) is 18.1 Å². The van der Waals surface area contributed by atoms with Crippen LogP contribution in [-0.4, -0.2) is 12.4 Å². The zero-order valence-electron chi connectivity index (χ0n) is 10.0. The highest BCUT2D eigenvalue weighted by atomic mass is 32.2. The van der Waals surface area contributed by atoms with Gasteiger partial charge in [0.25, 0.3) is 0 Å². The van der Waals surface area contributed by atoms with Crippen molar-refractivity contribution in [2.24, 2.45) is 5.92 Å². The standard InChI is InChI=1S/C13H20OS/c1-5-15-13-7-11(4)6-12(8-13)14-9-10(2)3/h6-8,10H,5,9H2,1-4H3. The molecule has 1 aromatic rings. The molecule has 0 fully saturated rings. The normalized spacial score (nSPS) is 10.7. The van der Waals surface area contributed by atoms with Crippen LogP contribution in [0.2, 0.25) is 0 Å². The lowest BCUT2D eigenvalue weighted by molar-refractivity contribution is 0.270. The average molecular weight is 224 g/mol. The van der Waals surface area contributed by atoms with E-state index in [9.17, 15) is 0 Å². The molecule has 0 amide bonds. The summed E-state index contributed by atoms with van der Waals surface area (Å²) in [5.41, 5.74) is 1.27. The van der Waals surface area contributed by atoms with Gasteiger partial charge < -0.3 is 4.74 Å². The minimum atomic E-state index is 0.577. The molecule has 0 spiro atoms. The summed E-state index contributed by atoms with van der Waals surface area (Å²) in [6.07, 6.45) is 0. The van der Waals surface area contributed by atoms with E-state index in [1.165, 1.54) is 10.5 Å². The largest absolute Gasteiger partial charge is 0.493 e. The van der Waals surface area contributed by atoms with E-state index in [0.29, 0.717) is 5.92 Å². The first kappa shape index (κ1) is 12.4. The summed E-state index contributed by atoms with van der Waals surface area (Å²) >= 11 is 1.86. The first-order chi connectivity index (χ1) is 7.11. The van der Waals surface area contributed by atoms with Crippen LogP contribution in [0.15, 0.2) is 23.1 Å². The Bertz CT molecular complexity index is 307. The molecule has 0 radical (unpaired) electrons. The highest BCUT2D eigenvalue weighted by molar-refractivity contribution is 7.99. The van der Waals surface area contributed by atoms with Crippen molar-refractivity contribution in [3.05, 3.63) is 23.8 Å². The molecule has 0 atom stereocenters. The van der Waals surface area contributed by atoms with Gasteiger partial charge in [-0.2, -0.15) is 0 Å². The van der Waals surface area contributed by atoms with Crippen molar-refractivity contribution in [3.63, 3.8) is 0 Å². The summed E-state index contributed by atoms with van der Waals surface area (Å²) in [6.45, 7) is 9.40. The van der Waals surface area contributed by atoms with Crippen LogP contribution in [0.5, 0.6) is 5.75 Å². The van der Waals surface area contributed by atoms with Crippen molar-refractivity contribution >= 4 is 11.8 Å². The van der Waals surface area contributed by atoms with Gasteiger partial charge in [-0.3, -0.25) is 0 Å². The summed E-state index contributed by atoms with van der Waals surface area (Å²) in [5, 5.41) is 0. The molecule has 0 saturated carbocycles. The minimum absolute atomic E-state index is 0.577. The third-order valence-electron chi connectivity index (χ3n) is 1.92. The van der Waals surface area contributed by atoms with Crippen molar-refractivity contribution < 1.29 is 4.74 Å². The molecule has 0 heterocycles. The second kappa shape index (κ2) is 6.06. The fourth-order valence-electron chi connectivity index (χ4n) is 1.31. The van der Waals surface area contributed by atoms with Gasteiger partial charge in [-0.15, -0.1) is 11.8 Å². The van der Waals surface area contributed by atoms with Crippen LogP contribution < -0.4 is 4.74 Å². The maximum Gasteiger partial charge on any atom is 0.120 e. The Morgan fingerprint density at radius 2 is 2.00 bits per heavy atom. The van der Waals surface area contributed by atoms with Gasteiger partial charge in [0.15, 0.2) is 0 Å². The molecular formula is C13H20OS. The van der Waals surface area contributed by atoms with E-state index in [4.69, 9.17) is 4.74 Å². The molecule has 84 valence electrons. The van der Waals surface area contributed by atoms with E-state index in [1.807, 2.05) is 11.8 Å². The van der Waals surface area contributed by atoms with Gasteiger partial charge in [0.1, 0.15) is 5.75 Å². The zero-order chi connectivity index (χ0) is 11.3. The SMILES string of the molecule is CCSc1cc(C)cc(OCC(C)C)c1. The molecule has 1 rings (SSSR count). The van der Waals surface area contributed by atoms with Crippen LogP contribution >= 0.6 is 11.8 Å². The number of benzene rings is 1. The summed E-state index contributed by atoms with van der Waals surface area (Å²) in [7, 11) is 0. The quantitative estimate of drug-likeness (QED) is 0.695. The van der Waals surface area contributed by atoms with Crippen molar-refractivity contribution in [1.29, 1.82) is 0 Å². The Morgan fingerprint density at radius 3 is 2.60 bits per heavy atom. The molecule has 2 heteroatoms. The third-order valence-corrected chi connectivity index (χ3v) is 2.78. The topological polar surface area (TPSA) is 9.23 Å². The molecule has 1 nitrogen and oxygen atoms in total. The molecule has 0 aliphatic heterocycles. The predicted octanol–water partition coefficient (Wildman–Crippen LogP) is 4.14. The van der Waals surface area contributed by atoms with Crippen LogP contribution in [0.3, 0.4) is 0 Å². The number of thioether (sulfide) groups is 1. The van der Waals surface area contributed by atoms with Crippen molar-refractivity contribution in [3.8, 4) is 5.75 Å². The lowest BCUT2D eigenvalue weighted by Gasteiger charge is -2.10. The average Bonchev–Trinajstić information content (AvgIpc) is 2.14. The molecule has 0 N–H and O–H groups in total. The lowest BCUT2D eigenvalue weighted by Crippen LogP contribution is -2.04. The fraction of sp³-hybridized carbons (Fsp3) is 0.538. The molecule has 15 heavy (non-hydrogen) atoms. The van der Waals surface area contributed by atoms with E-state index < -0.39 is 0 Å². The monoisotopic (exact) mass is 224 g/mol. The van der Waals surface area contributed by atoms with Crippen LogP contribution in [0, 0.1) is 12.8 Å². The molecule has 0 aliphatic carbocycles. The van der Waals surface area contributed by atoms with Crippen molar-refractivity contribution in [2.45, 2.75) is 32.6 Å². The first-order valence-corrected chi connectivity index (χ1v) is 6.47. The number of hydrogen-bond acceptors (Lipinski definition) is 2. The van der Waals surface area contributed by atoms with E-state index >= 15 is 0 Å². The molecular weight excluding hydrogens is 204 g/mol. The van der Waals surface area contributed by atoms with E-state index in [1.54, 1.807) is 0 Å². The Labute approximate surface area is 97.2 Å². The van der Waals surface area contributed by atoms with Gasteiger partial charge in [0, 0.05) is 4.90 Å². The van der Waals surface area contributed by atoms with E-state index in [-0.39, 0.29) is 0 Å². The summed E-state index contributed by atoms with van der Waals surface area (Å²) < 4.78 is 5.72. The molecule has 0 saturated heterocycles. The van der Waals surface area contributed by atoms with Crippen LogP contribution in [0.4, 0.5) is 0 Å². The fourth-order valence-corrected chi connectivity index (χ4v) is 2.11. The van der Waals surface area contributed by atoms with Gasteiger partial charge in [-0.25, -0.2) is 0 Å². The Balaban J connectivity index is 2.70. The smallest absolute Gasteiger partial charge is 0.120 e. The predicted molar refractivity (Wildman–Crippen MR) is 67.9 cm³/mol. The highest BCUT2D eigenvalue weighted by Gasteiger charge is 2.01. The second-order valence-corrected chi connectivity index (χ2v) is 5.46. The first-order valence-electron chi connectivity index (χ1n) is 5.49. The lowest BCUT2D eigenvalue weighted by atomic mass is 10.2. The molecule has 1 aromatic carbocycles. The number of hydrogen-bond donors (Lipinski definition) is 0. The van der Waals surface area contributed by atoms with Gasteiger partial charge in [0.2, 0.25) is 0 Å². The van der Waals surface area contributed by atoms with Gasteiger partial charge >= 0.3 is 0 Å². The number of ether oxygens (including phenoxy) is 1. The maximum atomic E-state index is 5.72. The van der Waals surface area contributed by atoms with Crippen LogP contribution in [0.25, 0.3) is 0 Å². The highest BCUT2D eigenvalue weighted by Crippen LogP contribution is 2.25. The Kier molecular flexibility index (Phi) is 5.03. The van der Waals surface area contributed by atoms with Gasteiger partial charge in [-0.05, 0) is 42.4 Å². The zero-order valence-corrected chi connectivity index (χ0v) is 10.9. The molecule has 0 aromatic heterocycles. The van der Waals surface area contributed by atoms with Crippen LogP contribution in [0.1, 0.15) is 26.3 Å². The van der Waals surface area contributed by atoms with Gasteiger partial charge in [-0.1, -0.05) is 20.8 Å². The van der Waals surface area contributed by atoms with E-state index in [2.05, 4.69) is 45.9 Å². The summed E-state index contributed by atoms with van der Waals surface area (Å²) in [6, 6.07) is 6.43. The minimum Gasteiger partial charge on any atom is -0.493 e. The van der Waals surface area contributed by atoms with Gasteiger partial charge in [0.05, 0.1) is 6.61 Å². The number of aryl methyl sites for hydroxylation is 1.